The van der Waals surface area contributed by atoms with E-state index < -0.39 is 5.82 Å². The van der Waals surface area contributed by atoms with Crippen molar-refractivity contribution in [1.29, 1.82) is 0 Å². The Morgan fingerprint density at radius 3 is 2.83 bits per heavy atom. The van der Waals surface area contributed by atoms with E-state index in [-0.39, 0.29) is 5.75 Å². The molecule has 100 valence electrons. The van der Waals surface area contributed by atoms with Crippen molar-refractivity contribution in [3.8, 4) is 5.75 Å². The summed E-state index contributed by atoms with van der Waals surface area (Å²) in [5.74, 6) is 1.31. The summed E-state index contributed by atoms with van der Waals surface area (Å²) in [5, 5.41) is 3.31. The maximum absolute atomic E-state index is 13.4. The predicted molar refractivity (Wildman–Crippen MR) is 72.4 cm³/mol. The van der Waals surface area contributed by atoms with Gasteiger partial charge in [0.2, 0.25) is 0 Å². The van der Waals surface area contributed by atoms with Crippen molar-refractivity contribution in [3.63, 3.8) is 0 Å². The number of nitrogens with one attached hydrogen (secondary N) is 1. The molecule has 0 aromatic heterocycles. The summed E-state index contributed by atoms with van der Waals surface area (Å²) in [5.41, 5.74) is 6.99. The second-order valence-electron chi connectivity index (χ2n) is 5.24. The molecule has 0 amide bonds. The molecule has 1 saturated carbocycles. The number of rotatable bonds is 4. The van der Waals surface area contributed by atoms with E-state index in [2.05, 4.69) is 12.2 Å². The molecule has 4 heteroatoms. The van der Waals surface area contributed by atoms with E-state index in [0.29, 0.717) is 11.6 Å². The van der Waals surface area contributed by atoms with Crippen LogP contribution in [0.1, 0.15) is 26.2 Å². The fourth-order valence-electron chi connectivity index (χ4n) is 2.64. The summed E-state index contributed by atoms with van der Waals surface area (Å²) >= 11 is 0. The van der Waals surface area contributed by atoms with Gasteiger partial charge in [0.1, 0.15) is 0 Å². The quantitative estimate of drug-likeness (QED) is 0.808. The van der Waals surface area contributed by atoms with Gasteiger partial charge in [-0.2, -0.15) is 0 Å². The Hall–Kier alpha value is -1.45. The maximum Gasteiger partial charge on any atom is 0.167 e. The Balaban J connectivity index is 2.00. The van der Waals surface area contributed by atoms with E-state index in [1.807, 2.05) is 0 Å². The molecule has 1 fully saturated rings. The molecule has 0 spiro atoms. The van der Waals surface area contributed by atoms with Gasteiger partial charge in [-0.25, -0.2) is 4.39 Å². The van der Waals surface area contributed by atoms with Gasteiger partial charge in [0.25, 0.3) is 0 Å². The number of hydrogen-bond acceptors (Lipinski definition) is 3. The molecule has 1 aliphatic carbocycles. The lowest BCUT2D eigenvalue weighted by Gasteiger charge is -2.15. The number of ether oxygens (including phenoxy) is 1. The molecule has 0 radical (unpaired) electrons. The van der Waals surface area contributed by atoms with Gasteiger partial charge in [0.05, 0.1) is 18.5 Å². The Bertz CT molecular complexity index is 423. The summed E-state index contributed by atoms with van der Waals surface area (Å²) in [6.07, 6.45) is 3.81. The molecule has 1 aliphatic rings. The Kier molecular flexibility index (Phi) is 3.94. The number of hydrogen-bond donors (Lipinski definition) is 2. The van der Waals surface area contributed by atoms with Gasteiger partial charge in [-0.3, -0.25) is 0 Å². The summed E-state index contributed by atoms with van der Waals surface area (Å²) in [6.45, 7) is 3.18. The standard InChI is InChI=1S/C14H21FN2O/c1-9-3-4-10(5-9)8-17-13-7-14(18-2)11(15)6-12(13)16/h6-7,9-10,17H,3-5,8,16H2,1-2H3. The third kappa shape index (κ3) is 2.86. The van der Waals surface area contributed by atoms with Crippen molar-refractivity contribution in [2.24, 2.45) is 11.8 Å². The van der Waals surface area contributed by atoms with Crippen molar-refractivity contribution >= 4 is 11.4 Å². The topological polar surface area (TPSA) is 47.3 Å². The zero-order chi connectivity index (χ0) is 13.1. The van der Waals surface area contributed by atoms with Gasteiger partial charge in [0.15, 0.2) is 11.6 Å². The predicted octanol–water partition coefficient (Wildman–Crippen LogP) is 3.26. The highest BCUT2D eigenvalue weighted by atomic mass is 19.1. The largest absolute Gasteiger partial charge is 0.494 e. The van der Waals surface area contributed by atoms with Crippen LogP contribution in [0.15, 0.2) is 12.1 Å². The second kappa shape index (κ2) is 5.46. The zero-order valence-corrected chi connectivity index (χ0v) is 11.0. The van der Waals surface area contributed by atoms with E-state index in [1.165, 1.54) is 32.4 Å². The molecule has 3 nitrogen and oxygen atoms in total. The molecule has 2 atom stereocenters. The molecule has 18 heavy (non-hydrogen) atoms. The van der Waals surface area contributed by atoms with Gasteiger partial charge in [-0.05, 0) is 24.7 Å². The maximum atomic E-state index is 13.4. The van der Waals surface area contributed by atoms with Crippen LogP contribution in [-0.4, -0.2) is 13.7 Å². The number of anilines is 2. The number of halogens is 1. The van der Waals surface area contributed by atoms with E-state index >= 15 is 0 Å². The molecule has 0 heterocycles. The average molecular weight is 252 g/mol. The fourth-order valence-corrected chi connectivity index (χ4v) is 2.64. The summed E-state index contributed by atoms with van der Waals surface area (Å²) in [4.78, 5) is 0. The van der Waals surface area contributed by atoms with Crippen molar-refractivity contribution in [1.82, 2.24) is 0 Å². The Morgan fingerprint density at radius 1 is 1.44 bits per heavy atom. The number of methoxy groups -OCH3 is 1. The highest BCUT2D eigenvalue weighted by Gasteiger charge is 2.21. The number of benzene rings is 1. The first-order chi connectivity index (χ1) is 8.60. The van der Waals surface area contributed by atoms with Gasteiger partial charge in [0, 0.05) is 18.7 Å². The molecule has 0 aliphatic heterocycles. The van der Waals surface area contributed by atoms with Crippen LogP contribution in [0.25, 0.3) is 0 Å². The van der Waals surface area contributed by atoms with Crippen LogP contribution in [0.3, 0.4) is 0 Å². The van der Waals surface area contributed by atoms with Crippen LogP contribution in [0, 0.1) is 17.7 Å². The third-order valence-electron chi connectivity index (χ3n) is 3.71. The van der Waals surface area contributed by atoms with Crippen molar-refractivity contribution < 1.29 is 9.13 Å². The minimum absolute atomic E-state index is 0.228. The third-order valence-corrected chi connectivity index (χ3v) is 3.71. The average Bonchev–Trinajstić information content (AvgIpc) is 2.74. The minimum atomic E-state index is -0.421. The van der Waals surface area contributed by atoms with E-state index in [1.54, 1.807) is 6.07 Å². The first-order valence-corrected chi connectivity index (χ1v) is 6.47. The van der Waals surface area contributed by atoms with Crippen LogP contribution >= 0.6 is 0 Å². The smallest absolute Gasteiger partial charge is 0.167 e. The van der Waals surface area contributed by atoms with Crippen molar-refractivity contribution in [3.05, 3.63) is 17.9 Å². The summed E-state index contributed by atoms with van der Waals surface area (Å²) in [7, 11) is 1.46. The molecule has 1 aromatic rings. The molecule has 3 N–H and O–H groups in total. The summed E-state index contributed by atoms with van der Waals surface area (Å²) < 4.78 is 18.3. The highest BCUT2D eigenvalue weighted by molar-refractivity contribution is 5.68. The van der Waals surface area contributed by atoms with E-state index in [0.717, 1.165) is 18.2 Å². The lowest BCUT2D eigenvalue weighted by Crippen LogP contribution is -2.13. The molecule has 0 saturated heterocycles. The van der Waals surface area contributed by atoms with Crippen molar-refractivity contribution in [2.75, 3.05) is 24.7 Å². The minimum Gasteiger partial charge on any atom is -0.494 e. The van der Waals surface area contributed by atoms with Gasteiger partial charge < -0.3 is 15.8 Å². The summed E-state index contributed by atoms with van der Waals surface area (Å²) in [6, 6.07) is 2.93. The number of nitrogens with two attached hydrogens (primary N) is 1. The Morgan fingerprint density at radius 2 is 2.22 bits per heavy atom. The SMILES string of the molecule is COc1cc(NCC2CCC(C)C2)c(N)cc1F. The normalized spacial score (nSPS) is 23.1. The molecule has 2 rings (SSSR count). The molecular formula is C14H21FN2O. The molecule has 1 aromatic carbocycles. The Labute approximate surface area is 108 Å². The van der Waals surface area contributed by atoms with Crippen LogP contribution in [-0.2, 0) is 0 Å². The van der Waals surface area contributed by atoms with Crippen LogP contribution < -0.4 is 15.8 Å². The second-order valence-corrected chi connectivity index (χ2v) is 5.24. The van der Waals surface area contributed by atoms with Crippen LogP contribution in [0.5, 0.6) is 5.75 Å². The lowest BCUT2D eigenvalue weighted by atomic mass is 10.1. The zero-order valence-electron chi connectivity index (χ0n) is 11.0. The number of nitrogen functional groups attached to an aromatic ring is 1. The van der Waals surface area contributed by atoms with Crippen LogP contribution in [0.2, 0.25) is 0 Å². The first-order valence-electron chi connectivity index (χ1n) is 6.47. The van der Waals surface area contributed by atoms with Crippen LogP contribution in [0.4, 0.5) is 15.8 Å². The highest BCUT2D eigenvalue weighted by Crippen LogP contribution is 2.32. The van der Waals surface area contributed by atoms with Crippen molar-refractivity contribution in [2.45, 2.75) is 26.2 Å². The molecular weight excluding hydrogens is 231 g/mol. The monoisotopic (exact) mass is 252 g/mol. The van der Waals surface area contributed by atoms with Gasteiger partial charge >= 0.3 is 0 Å². The van der Waals surface area contributed by atoms with Gasteiger partial charge in [-0.15, -0.1) is 0 Å². The fraction of sp³-hybridized carbons (Fsp3) is 0.571. The van der Waals surface area contributed by atoms with E-state index in [4.69, 9.17) is 10.5 Å². The first kappa shape index (κ1) is 13.0. The molecule has 2 unspecified atom stereocenters. The lowest BCUT2D eigenvalue weighted by molar-refractivity contribution is 0.387. The molecule has 0 bridgehead atoms. The van der Waals surface area contributed by atoms with E-state index in [9.17, 15) is 4.39 Å². The van der Waals surface area contributed by atoms with Gasteiger partial charge in [-0.1, -0.05) is 13.3 Å².